The van der Waals surface area contributed by atoms with Gasteiger partial charge in [-0.3, -0.25) is 9.59 Å². The molecule has 0 aliphatic heterocycles. The molecule has 0 heterocycles. The van der Waals surface area contributed by atoms with Crippen LogP contribution in [-0.2, 0) is 23.9 Å². The number of aliphatic carboxylic acids is 1. The van der Waals surface area contributed by atoms with Gasteiger partial charge in [0.1, 0.15) is 0 Å². The van der Waals surface area contributed by atoms with Gasteiger partial charge in [-0.1, -0.05) is 20.4 Å². The topological polar surface area (TPSA) is 89.9 Å². The molecule has 158 valence electrons. The first-order chi connectivity index (χ1) is 13.2. The Morgan fingerprint density at radius 1 is 0.893 bits per heavy atom. The van der Waals surface area contributed by atoms with Gasteiger partial charge in [0.15, 0.2) is 0 Å². The number of carboxylic acids is 1. The Balaban J connectivity index is 1.69. The van der Waals surface area contributed by atoms with E-state index in [1.807, 2.05) is 13.8 Å². The first-order valence-corrected chi connectivity index (χ1v) is 10.4. The maximum absolute atomic E-state index is 12.4. The van der Waals surface area contributed by atoms with E-state index in [0.29, 0.717) is 11.8 Å². The molecule has 28 heavy (non-hydrogen) atoms. The quantitative estimate of drug-likeness (QED) is 0.495. The smallest absolute Gasteiger partial charge is 0.330 e. The molecule has 2 aliphatic rings. The summed E-state index contributed by atoms with van der Waals surface area (Å²) >= 11 is 0. The summed E-state index contributed by atoms with van der Waals surface area (Å²) in [5.41, 5.74) is -0.436. The largest absolute Gasteiger partial charge is 0.481 e. The van der Waals surface area contributed by atoms with Crippen molar-refractivity contribution in [3.63, 3.8) is 0 Å². The normalized spacial score (nSPS) is 28.2. The van der Waals surface area contributed by atoms with Gasteiger partial charge < -0.3 is 14.6 Å². The first kappa shape index (κ1) is 22.4. The second-order valence-corrected chi connectivity index (χ2v) is 9.15. The maximum atomic E-state index is 12.4. The van der Waals surface area contributed by atoms with Crippen LogP contribution in [0.3, 0.4) is 0 Å². The molecule has 0 spiro atoms. The number of carbonyl (C=O) groups is 3. The van der Waals surface area contributed by atoms with Gasteiger partial charge in [0, 0.05) is 11.5 Å². The van der Waals surface area contributed by atoms with Crippen molar-refractivity contribution in [3.8, 4) is 0 Å². The summed E-state index contributed by atoms with van der Waals surface area (Å²) in [5.74, 6) is -0.312. The second-order valence-electron chi connectivity index (χ2n) is 9.15. The minimum Gasteiger partial charge on any atom is -0.481 e. The van der Waals surface area contributed by atoms with E-state index >= 15 is 0 Å². The Labute approximate surface area is 167 Å². The van der Waals surface area contributed by atoms with Crippen LogP contribution >= 0.6 is 0 Å². The molecule has 2 saturated carbocycles. The molecule has 0 saturated heterocycles. The average molecular weight is 395 g/mol. The predicted molar refractivity (Wildman–Crippen MR) is 104 cm³/mol. The van der Waals surface area contributed by atoms with E-state index in [1.165, 1.54) is 0 Å². The molecule has 6 nitrogen and oxygen atoms in total. The Morgan fingerprint density at radius 2 is 1.36 bits per heavy atom. The number of esters is 2. The molecule has 2 rings (SSSR count). The zero-order valence-electron chi connectivity index (χ0n) is 17.2. The molecule has 0 amide bonds. The van der Waals surface area contributed by atoms with Crippen LogP contribution in [0.15, 0.2) is 12.7 Å². The lowest BCUT2D eigenvalue weighted by molar-refractivity contribution is -0.156. The number of hydrogen-bond donors (Lipinski definition) is 1. The third kappa shape index (κ3) is 6.64. The fourth-order valence-electron chi connectivity index (χ4n) is 4.42. The Kier molecular flexibility index (Phi) is 8.08. The number of ether oxygens (including phenoxy) is 2. The molecule has 0 bridgehead atoms. The van der Waals surface area contributed by atoms with Gasteiger partial charge in [-0.15, -0.1) is 0 Å². The van der Waals surface area contributed by atoms with Crippen LogP contribution in [0, 0.1) is 29.1 Å². The van der Waals surface area contributed by atoms with Gasteiger partial charge in [-0.2, -0.15) is 0 Å². The third-order valence-corrected chi connectivity index (χ3v) is 6.27. The summed E-state index contributed by atoms with van der Waals surface area (Å²) in [6, 6.07) is 0. The maximum Gasteiger partial charge on any atom is 0.330 e. The molecule has 0 aromatic rings. The van der Waals surface area contributed by atoms with Crippen LogP contribution in [0.4, 0.5) is 0 Å². The van der Waals surface area contributed by atoms with Crippen LogP contribution in [-0.4, -0.2) is 36.2 Å². The van der Waals surface area contributed by atoms with Gasteiger partial charge in [0.2, 0.25) is 0 Å². The van der Waals surface area contributed by atoms with Gasteiger partial charge in [0.05, 0.1) is 25.0 Å². The Bertz CT molecular complexity index is 566. The number of carbonyl (C=O) groups excluding carboxylic acids is 2. The van der Waals surface area contributed by atoms with E-state index in [0.717, 1.165) is 57.4 Å². The van der Waals surface area contributed by atoms with Gasteiger partial charge >= 0.3 is 17.9 Å². The monoisotopic (exact) mass is 394 g/mol. The van der Waals surface area contributed by atoms with Crippen molar-refractivity contribution >= 4 is 17.9 Å². The first-order valence-electron chi connectivity index (χ1n) is 10.4. The molecule has 0 unspecified atom stereocenters. The van der Waals surface area contributed by atoms with Gasteiger partial charge in [-0.25, -0.2) is 4.79 Å². The lowest BCUT2D eigenvalue weighted by Gasteiger charge is -2.36. The number of carboxylic acid groups (broad SMARTS) is 1. The van der Waals surface area contributed by atoms with E-state index < -0.39 is 17.4 Å². The summed E-state index contributed by atoms with van der Waals surface area (Å²) in [6.07, 6.45) is 8.39. The van der Waals surface area contributed by atoms with Crippen LogP contribution in [0.5, 0.6) is 0 Å². The number of rotatable bonds is 8. The summed E-state index contributed by atoms with van der Waals surface area (Å²) in [5, 5.41) is 9.13. The minimum atomic E-state index is -0.660. The highest BCUT2D eigenvalue weighted by atomic mass is 16.5. The molecule has 0 aromatic heterocycles. The highest BCUT2D eigenvalue weighted by molar-refractivity contribution is 5.81. The lowest BCUT2D eigenvalue weighted by atomic mass is 9.69. The molecule has 0 radical (unpaired) electrons. The zero-order valence-corrected chi connectivity index (χ0v) is 17.2. The van der Waals surface area contributed by atoms with Crippen molar-refractivity contribution in [2.75, 3.05) is 13.2 Å². The van der Waals surface area contributed by atoms with E-state index in [2.05, 4.69) is 6.58 Å². The molecule has 0 aromatic carbocycles. The van der Waals surface area contributed by atoms with Crippen LogP contribution in [0.25, 0.3) is 0 Å². The zero-order chi connectivity index (χ0) is 20.7. The molecular formula is C22H34O6. The molecule has 2 aliphatic carbocycles. The van der Waals surface area contributed by atoms with Crippen LogP contribution < -0.4 is 0 Å². The highest BCUT2D eigenvalue weighted by Gasteiger charge is 2.35. The summed E-state index contributed by atoms with van der Waals surface area (Å²) in [4.78, 5) is 34.7. The van der Waals surface area contributed by atoms with Crippen molar-refractivity contribution in [1.82, 2.24) is 0 Å². The number of hydrogen-bond acceptors (Lipinski definition) is 5. The Morgan fingerprint density at radius 3 is 1.82 bits per heavy atom. The van der Waals surface area contributed by atoms with Crippen molar-refractivity contribution < 1.29 is 29.0 Å². The van der Waals surface area contributed by atoms with Crippen LogP contribution in [0.1, 0.15) is 65.2 Å². The van der Waals surface area contributed by atoms with Crippen molar-refractivity contribution in [2.24, 2.45) is 29.1 Å². The lowest BCUT2D eigenvalue weighted by Crippen LogP contribution is -2.33. The fraction of sp³-hybridized carbons (Fsp3) is 0.773. The van der Waals surface area contributed by atoms with Crippen LogP contribution in [0.2, 0.25) is 0 Å². The predicted octanol–water partition coefficient (Wildman–Crippen LogP) is 3.98. The van der Waals surface area contributed by atoms with Gasteiger partial charge in [0.25, 0.3) is 0 Å². The fourth-order valence-corrected chi connectivity index (χ4v) is 4.42. The molecule has 1 N–H and O–H groups in total. The van der Waals surface area contributed by atoms with Crippen molar-refractivity contribution in [1.29, 1.82) is 0 Å². The SMILES string of the molecule is C=CC(=O)OCC(C)(C)COC(=O)C1CCC(C2CCC(C(=O)O)CC2)CC1. The summed E-state index contributed by atoms with van der Waals surface area (Å²) < 4.78 is 10.6. The van der Waals surface area contributed by atoms with E-state index in [1.54, 1.807) is 0 Å². The van der Waals surface area contributed by atoms with Crippen molar-refractivity contribution in [3.05, 3.63) is 12.7 Å². The molecular weight excluding hydrogens is 360 g/mol. The summed E-state index contributed by atoms with van der Waals surface area (Å²) in [7, 11) is 0. The van der Waals surface area contributed by atoms with E-state index in [-0.39, 0.29) is 31.0 Å². The van der Waals surface area contributed by atoms with Gasteiger partial charge in [-0.05, 0) is 63.2 Å². The molecule has 6 heteroatoms. The molecule has 2 fully saturated rings. The van der Waals surface area contributed by atoms with E-state index in [4.69, 9.17) is 14.6 Å². The van der Waals surface area contributed by atoms with Crippen molar-refractivity contribution in [2.45, 2.75) is 65.2 Å². The standard InChI is InChI=1S/C22H34O6/c1-4-19(23)27-13-22(2,3)14-28-21(26)18-11-7-16(8-12-18)15-5-9-17(10-6-15)20(24)25/h4,15-18H,1,5-14H2,2-3H3,(H,24,25). The molecule has 0 atom stereocenters. The second kappa shape index (κ2) is 10.1. The Hall–Kier alpha value is -1.85. The van der Waals surface area contributed by atoms with E-state index in [9.17, 15) is 14.4 Å². The highest BCUT2D eigenvalue weighted by Crippen LogP contribution is 2.41. The minimum absolute atomic E-state index is 0.0573. The third-order valence-electron chi connectivity index (χ3n) is 6.27. The summed E-state index contributed by atoms with van der Waals surface area (Å²) in [6.45, 7) is 7.54. The average Bonchev–Trinajstić information content (AvgIpc) is 2.70.